The average molecular weight is 235 g/mol. The molecule has 0 saturated carbocycles. The number of ether oxygens (including phenoxy) is 1. The van der Waals surface area contributed by atoms with Gasteiger partial charge in [0.1, 0.15) is 24.9 Å². The number of carbonyl (C=O) groups is 2. The van der Waals surface area contributed by atoms with Gasteiger partial charge < -0.3 is 30.0 Å². The Kier molecular flexibility index (Phi) is 5.65. The molecule has 16 heavy (non-hydrogen) atoms. The summed E-state index contributed by atoms with van der Waals surface area (Å²) < 4.78 is 11.0. The highest BCUT2D eigenvalue weighted by Crippen LogP contribution is 2.05. The number of carbonyl (C=O) groups excluding carboxylic acids is 2. The number of aliphatic hydroxyl groups is 4. The van der Waals surface area contributed by atoms with E-state index in [1.54, 1.807) is 0 Å². The van der Waals surface area contributed by atoms with E-state index in [-0.39, 0.29) is 12.9 Å². The minimum atomic E-state index is -2.10. The second kappa shape index (κ2) is 7.07. The first-order chi connectivity index (χ1) is 7.95. The molecule has 0 aliphatic carbocycles. The Balaban J connectivity index is 4.32. The van der Waals surface area contributed by atoms with E-state index in [4.69, 9.17) is 11.6 Å². The number of hydrogen-bond acceptors (Lipinski definition) is 7. The van der Waals surface area contributed by atoms with Crippen molar-refractivity contribution >= 4 is 12.3 Å². The summed E-state index contributed by atoms with van der Waals surface area (Å²) in [5, 5.41) is 36.5. The van der Waals surface area contributed by atoms with Crippen molar-refractivity contribution in [3.63, 3.8) is 0 Å². The fourth-order valence-corrected chi connectivity index (χ4v) is 0.824. The highest BCUT2D eigenvalue weighted by molar-refractivity contribution is 5.75. The van der Waals surface area contributed by atoms with Crippen molar-refractivity contribution in [2.24, 2.45) is 0 Å². The second-order valence-corrected chi connectivity index (χ2v) is 2.92. The maximum Gasteiger partial charge on any atom is 0.338 e. The predicted molar refractivity (Wildman–Crippen MR) is 51.2 cm³/mol. The van der Waals surface area contributed by atoms with Crippen LogP contribution < -0.4 is 0 Å². The summed E-state index contributed by atoms with van der Waals surface area (Å²) in [4.78, 5) is 21.2. The second-order valence-electron chi connectivity index (χ2n) is 2.92. The van der Waals surface area contributed by atoms with Gasteiger partial charge in [-0.05, 0) is 0 Å². The smallest absolute Gasteiger partial charge is 0.338 e. The van der Waals surface area contributed by atoms with Gasteiger partial charge in [0.2, 0.25) is 0 Å². The van der Waals surface area contributed by atoms with Crippen molar-refractivity contribution in [2.75, 3.05) is 6.61 Å². The van der Waals surface area contributed by atoms with E-state index in [1.807, 2.05) is 0 Å². The maximum atomic E-state index is 11.1. The molecule has 0 heterocycles. The fourth-order valence-electron chi connectivity index (χ4n) is 0.824. The Hall–Kier alpha value is -1.28. The van der Waals surface area contributed by atoms with Crippen molar-refractivity contribution in [2.45, 2.75) is 24.4 Å². The van der Waals surface area contributed by atoms with Crippen LogP contribution in [0.5, 0.6) is 0 Å². The van der Waals surface area contributed by atoms with Crippen LogP contribution in [0.15, 0.2) is 12.6 Å². The molecule has 0 aromatic rings. The molecular weight excluding hydrogens is 220 g/mol. The van der Waals surface area contributed by atoms with Gasteiger partial charge in [-0.1, -0.05) is 12.6 Å². The normalized spacial score (nSPS) is 19.6. The van der Waals surface area contributed by atoms with Crippen molar-refractivity contribution in [3.05, 3.63) is 12.6 Å². The zero-order valence-corrected chi connectivity index (χ0v) is 8.26. The predicted octanol–water partition coefficient (Wildman–Crippen LogP) is -2.64. The molecule has 0 rings (SSSR count). The molecule has 0 aromatic carbocycles. The van der Waals surface area contributed by atoms with Crippen LogP contribution in [-0.2, 0) is 14.3 Å². The summed E-state index contributed by atoms with van der Waals surface area (Å²) in [6.07, 6.45) is -6.95. The van der Waals surface area contributed by atoms with Gasteiger partial charge in [-0.25, -0.2) is 4.79 Å². The molecule has 4 N–H and O–H groups in total. The lowest BCUT2D eigenvalue weighted by molar-refractivity contribution is -0.168. The standard InChI is InChI=1S/C9H14O7/c1-2-3-16-9(15)8(14)7(13)6(12)5(11)4-10/h2,4-8,11-14H,1,3H2/t5-,6+,7-,8-/m0/s1/i1D. The first-order valence-electron chi connectivity index (χ1n) is 4.91. The summed E-state index contributed by atoms with van der Waals surface area (Å²) >= 11 is 0. The van der Waals surface area contributed by atoms with Crippen LogP contribution in [0.1, 0.15) is 1.37 Å². The fraction of sp³-hybridized carbons (Fsp3) is 0.556. The van der Waals surface area contributed by atoms with Crippen LogP contribution in [0, 0.1) is 0 Å². The first-order valence-corrected chi connectivity index (χ1v) is 4.33. The number of rotatable bonds is 7. The molecule has 0 radical (unpaired) electrons. The van der Waals surface area contributed by atoms with Crippen LogP contribution in [0.25, 0.3) is 0 Å². The number of aldehydes is 1. The molecular formula is C9H14O7. The molecule has 92 valence electrons. The lowest BCUT2D eigenvalue weighted by atomic mass is 10.0. The summed E-state index contributed by atoms with van der Waals surface area (Å²) in [7, 11) is 0. The van der Waals surface area contributed by atoms with Crippen LogP contribution in [0.4, 0.5) is 0 Å². The summed E-state index contributed by atoms with van der Waals surface area (Å²) in [6.45, 7) is 0.583. The Morgan fingerprint density at radius 2 is 2.00 bits per heavy atom. The quantitative estimate of drug-likeness (QED) is 0.216. The Labute approximate surface area is 93.0 Å². The van der Waals surface area contributed by atoms with Gasteiger partial charge in [0.15, 0.2) is 12.4 Å². The summed E-state index contributed by atoms with van der Waals surface area (Å²) in [5.41, 5.74) is 0. The van der Waals surface area contributed by atoms with Gasteiger partial charge in [-0.3, -0.25) is 0 Å². The van der Waals surface area contributed by atoms with Crippen molar-refractivity contribution in [3.8, 4) is 0 Å². The molecule has 0 unspecified atom stereocenters. The van der Waals surface area contributed by atoms with Crippen molar-refractivity contribution < 1.29 is 36.1 Å². The van der Waals surface area contributed by atoms with E-state index in [9.17, 15) is 19.8 Å². The lowest BCUT2D eigenvalue weighted by Gasteiger charge is -2.22. The van der Waals surface area contributed by atoms with Gasteiger partial charge in [-0.2, -0.15) is 0 Å². The van der Waals surface area contributed by atoms with E-state index < -0.39 is 30.4 Å². The number of aliphatic hydroxyl groups excluding tert-OH is 4. The highest BCUT2D eigenvalue weighted by atomic mass is 16.5. The Morgan fingerprint density at radius 3 is 2.50 bits per heavy atom. The lowest BCUT2D eigenvalue weighted by Crippen LogP contribution is -2.48. The molecule has 0 saturated heterocycles. The van der Waals surface area contributed by atoms with Crippen molar-refractivity contribution in [1.82, 2.24) is 0 Å². The monoisotopic (exact) mass is 235 g/mol. The largest absolute Gasteiger partial charge is 0.459 e. The zero-order valence-electron chi connectivity index (χ0n) is 9.26. The third kappa shape index (κ3) is 4.07. The highest BCUT2D eigenvalue weighted by Gasteiger charge is 2.35. The molecule has 0 aromatic heterocycles. The maximum absolute atomic E-state index is 11.1. The van der Waals surface area contributed by atoms with Crippen LogP contribution in [0.3, 0.4) is 0 Å². The molecule has 0 fully saturated rings. The van der Waals surface area contributed by atoms with Crippen molar-refractivity contribution in [1.29, 1.82) is 0 Å². The van der Waals surface area contributed by atoms with Gasteiger partial charge in [0.25, 0.3) is 0 Å². The van der Waals surface area contributed by atoms with Crippen LogP contribution >= 0.6 is 0 Å². The van der Waals surface area contributed by atoms with E-state index >= 15 is 0 Å². The molecule has 7 nitrogen and oxygen atoms in total. The Bertz CT molecular complexity index is 281. The Morgan fingerprint density at radius 1 is 1.38 bits per heavy atom. The van der Waals surface area contributed by atoms with E-state index in [1.165, 1.54) is 0 Å². The molecule has 0 bridgehead atoms. The first kappa shape index (κ1) is 12.8. The molecule has 0 aliphatic heterocycles. The van der Waals surface area contributed by atoms with E-state index in [2.05, 4.69) is 4.74 Å². The molecule has 0 spiro atoms. The van der Waals surface area contributed by atoms with Gasteiger partial charge in [-0.15, -0.1) is 0 Å². The molecule has 0 amide bonds. The van der Waals surface area contributed by atoms with Gasteiger partial charge in [0.05, 0.1) is 1.37 Å². The molecule has 0 aliphatic rings. The SMILES string of the molecule is [2H]C=CCOC(=O)[C@@H](O)[C@@H](O)[C@H](O)[C@@H](O)C=O. The van der Waals surface area contributed by atoms with Gasteiger partial charge in [0, 0.05) is 0 Å². The number of hydrogen-bond donors (Lipinski definition) is 4. The van der Waals surface area contributed by atoms with E-state index in [0.717, 1.165) is 12.6 Å². The van der Waals surface area contributed by atoms with Crippen LogP contribution in [-0.4, -0.2) is 63.7 Å². The minimum absolute atomic E-state index is 0.0469. The van der Waals surface area contributed by atoms with Gasteiger partial charge >= 0.3 is 5.97 Å². The summed E-state index contributed by atoms with van der Waals surface area (Å²) in [6, 6.07) is 0. The van der Waals surface area contributed by atoms with E-state index in [0.29, 0.717) is 0 Å². The summed E-state index contributed by atoms with van der Waals surface area (Å²) in [5.74, 6) is -1.24. The van der Waals surface area contributed by atoms with Crippen LogP contribution in [0.2, 0.25) is 0 Å². The molecule has 4 atom stereocenters. The average Bonchev–Trinajstić information content (AvgIpc) is 2.35. The third-order valence-corrected chi connectivity index (χ3v) is 1.73. The zero-order chi connectivity index (χ0) is 13.4. The minimum Gasteiger partial charge on any atom is -0.459 e. The topological polar surface area (TPSA) is 124 Å². The third-order valence-electron chi connectivity index (χ3n) is 1.73. The molecule has 7 heteroatoms. The number of esters is 1.